The van der Waals surface area contributed by atoms with Gasteiger partial charge in [0.25, 0.3) is 0 Å². The van der Waals surface area contributed by atoms with E-state index in [0.29, 0.717) is 29.5 Å². The fourth-order valence-electron chi connectivity index (χ4n) is 2.20. The van der Waals surface area contributed by atoms with E-state index >= 15 is 0 Å². The predicted octanol–water partition coefficient (Wildman–Crippen LogP) is 4.08. The molecule has 1 aromatic carbocycles. The average Bonchev–Trinajstić information content (AvgIpc) is 3.15. The lowest BCUT2D eigenvalue weighted by atomic mass is 10.0. The largest absolute Gasteiger partial charge is 0.496 e. The quantitative estimate of drug-likeness (QED) is 0.787. The van der Waals surface area contributed by atoms with Gasteiger partial charge in [-0.15, -0.1) is 0 Å². The van der Waals surface area contributed by atoms with E-state index in [2.05, 4.69) is 24.1 Å². The maximum absolute atomic E-state index is 12.1. The highest BCUT2D eigenvalue weighted by atomic mass is 16.5. The molecule has 0 radical (unpaired) electrons. The highest BCUT2D eigenvalue weighted by Crippen LogP contribution is 2.32. The number of amides is 1. The number of aromatic nitrogens is 1. The zero-order valence-electron chi connectivity index (χ0n) is 15.7. The SMILES string of the molecule is CC.COc1cc(NC(=O)C(N)CCC(C)C)ccc1-c1cnco1. The summed E-state index contributed by atoms with van der Waals surface area (Å²) >= 11 is 0. The Morgan fingerprint density at radius 3 is 2.60 bits per heavy atom. The van der Waals surface area contributed by atoms with Crippen LogP contribution in [0.3, 0.4) is 0 Å². The Morgan fingerprint density at radius 1 is 1.32 bits per heavy atom. The Labute approximate surface area is 149 Å². The third-order valence-electron chi connectivity index (χ3n) is 3.56. The van der Waals surface area contributed by atoms with Gasteiger partial charge in [-0.1, -0.05) is 27.7 Å². The van der Waals surface area contributed by atoms with Crippen molar-refractivity contribution in [1.82, 2.24) is 4.98 Å². The number of methoxy groups -OCH3 is 1. The summed E-state index contributed by atoms with van der Waals surface area (Å²) in [5.74, 6) is 1.53. The van der Waals surface area contributed by atoms with Crippen LogP contribution in [0.15, 0.2) is 35.2 Å². The fraction of sp³-hybridized carbons (Fsp3) is 0.474. The Hall–Kier alpha value is -2.34. The molecule has 0 spiro atoms. The summed E-state index contributed by atoms with van der Waals surface area (Å²) in [6.07, 6.45) is 4.55. The molecule has 138 valence electrons. The highest BCUT2D eigenvalue weighted by molar-refractivity contribution is 5.95. The molecule has 0 aliphatic heterocycles. The Bertz CT molecular complexity index is 639. The molecule has 1 aromatic heterocycles. The van der Waals surface area contributed by atoms with Crippen LogP contribution in [0.1, 0.15) is 40.5 Å². The van der Waals surface area contributed by atoms with Crippen LogP contribution in [0.4, 0.5) is 5.69 Å². The van der Waals surface area contributed by atoms with Gasteiger partial charge in [0.1, 0.15) is 5.75 Å². The van der Waals surface area contributed by atoms with Crippen molar-refractivity contribution in [3.63, 3.8) is 0 Å². The van der Waals surface area contributed by atoms with Crippen LogP contribution in [0.5, 0.6) is 5.75 Å². The van der Waals surface area contributed by atoms with E-state index in [1.807, 2.05) is 19.9 Å². The molecular weight excluding hydrogens is 318 g/mol. The second kappa shape index (κ2) is 10.5. The van der Waals surface area contributed by atoms with E-state index in [0.717, 1.165) is 12.0 Å². The zero-order chi connectivity index (χ0) is 18.8. The van der Waals surface area contributed by atoms with Crippen molar-refractivity contribution in [2.75, 3.05) is 12.4 Å². The standard InChI is InChI=1S/C17H23N3O3.C2H6/c1-11(2)4-7-14(18)17(21)20-12-5-6-13(15(8-12)22-3)16-9-19-10-23-16;1-2/h5-6,8-11,14H,4,7,18H2,1-3H3,(H,20,21);1-2H3. The summed E-state index contributed by atoms with van der Waals surface area (Å²) in [4.78, 5) is 16.0. The van der Waals surface area contributed by atoms with Crippen molar-refractivity contribution in [2.24, 2.45) is 11.7 Å². The minimum atomic E-state index is -0.516. The van der Waals surface area contributed by atoms with Gasteiger partial charge in [0.2, 0.25) is 5.91 Å². The van der Waals surface area contributed by atoms with Gasteiger partial charge in [0, 0.05) is 11.8 Å². The summed E-state index contributed by atoms with van der Waals surface area (Å²) in [5.41, 5.74) is 7.33. The van der Waals surface area contributed by atoms with Crippen LogP contribution in [0.2, 0.25) is 0 Å². The number of rotatable bonds is 7. The molecule has 1 atom stereocenters. The predicted molar refractivity (Wildman–Crippen MR) is 101 cm³/mol. The summed E-state index contributed by atoms with van der Waals surface area (Å²) in [6.45, 7) is 8.22. The van der Waals surface area contributed by atoms with Crippen LogP contribution in [0, 0.1) is 5.92 Å². The number of ether oxygens (including phenoxy) is 1. The molecule has 0 saturated carbocycles. The molecule has 0 aliphatic carbocycles. The molecule has 0 bridgehead atoms. The molecule has 2 aromatic rings. The topological polar surface area (TPSA) is 90.4 Å². The molecule has 0 saturated heterocycles. The average molecular weight is 347 g/mol. The number of carbonyl (C=O) groups is 1. The first-order valence-corrected chi connectivity index (χ1v) is 8.64. The first-order chi connectivity index (χ1) is 12.0. The number of oxazole rings is 1. The molecule has 0 fully saturated rings. The summed E-state index contributed by atoms with van der Waals surface area (Å²) in [6, 6.07) is 4.82. The van der Waals surface area contributed by atoms with Crippen LogP contribution in [-0.2, 0) is 4.79 Å². The van der Waals surface area contributed by atoms with Crippen molar-refractivity contribution >= 4 is 11.6 Å². The van der Waals surface area contributed by atoms with Crippen molar-refractivity contribution in [2.45, 2.75) is 46.6 Å². The first kappa shape index (κ1) is 20.7. The maximum atomic E-state index is 12.1. The van der Waals surface area contributed by atoms with Gasteiger partial charge in [0.15, 0.2) is 12.2 Å². The fourth-order valence-corrected chi connectivity index (χ4v) is 2.20. The molecule has 0 aliphatic rings. The number of nitrogens with zero attached hydrogens (tertiary/aromatic N) is 1. The number of anilines is 1. The van der Waals surface area contributed by atoms with Gasteiger partial charge in [-0.3, -0.25) is 4.79 Å². The van der Waals surface area contributed by atoms with Gasteiger partial charge >= 0.3 is 0 Å². The molecule has 6 nitrogen and oxygen atoms in total. The van der Waals surface area contributed by atoms with Crippen LogP contribution in [0.25, 0.3) is 11.3 Å². The van der Waals surface area contributed by atoms with Gasteiger partial charge in [0.05, 0.1) is 24.9 Å². The summed E-state index contributed by atoms with van der Waals surface area (Å²) in [7, 11) is 1.56. The number of hydrogen-bond donors (Lipinski definition) is 2. The smallest absolute Gasteiger partial charge is 0.241 e. The Morgan fingerprint density at radius 2 is 2.04 bits per heavy atom. The summed E-state index contributed by atoms with van der Waals surface area (Å²) in [5, 5.41) is 2.82. The van der Waals surface area contributed by atoms with Crippen LogP contribution in [-0.4, -0.2) is 24.0 Å². The third-order valence-corrected chi connectivity index (χ3v) is 3.56. The van der Waals surface area contributed by atoms with Crippen LogP contribution < -0.4 is 15.8 Å². The molecule has 25 heavy (non-hydrogen) atoms. The number of hydrogen-bond acceptors (Lipinski definition) is 5. The number of benzene rings is 1. The van der Waals surface area contributed by atoms with E-state index < -0.39 is 6.04 Å². The van der Waals surface area contributed by atoms with Crippen molar-refractivity contribution in [3.8, 4) is 17.1 Å². The molecule has 1 unspecified atom stereocenters. The second-order valence-corrected chi connectivity index (χ2v) is 5.85. The monoisotopic (exact) mass is 347 g/mol. The molecular formula is C19H29N3O3. The molecule has 2 rings (SSSR count). The number of nitrogens with two attached hydrogens (primary N) is 1. The van der Waals surface area contributed by atoms with Gasteiger partial charge < -0.3 is 20.2 Å². The normalized spacial score (nSPS) is 11.5. The van der Waals surface area contributed by atoms with E-state index in [9.17, 15) is 4.79 Å². The van der Waals surface area contributed by atoms with Crippen LogP contribution >= 0.6 is 0 Å². The Balaban J connectivity index is 0.00000151. The molecule has 3 N–H and O–H groups in total. The van der Waals surface area contributed by atoms with E-state index in [1.54, 1.807) is 25.4 Å². The van der Waals surface area contributed by atoms with E-state index in [1.165, 1.54) is 6.39 Å². The van der Waals surface area contributed by atoms with E-state index in [4.69, 9.17) is 14.9 Å². The van der Waals surface area contributed by atoms with Crippen molar-refractivity contribution in [1.29, 1.82) is 0 Å². The minimum Gasteiger partial charge on any atom is -0.496 e. The first-order valence-electron chi connectivity index (χ1n) is 8.64. The molecule has 1 heterocycles. The lowest BCUT2D eigenvalue weighted by Gasteiger charge is -2.14. The van der Waals surface area contributed by atoms with Gasteiger partial charge in [-0.25, -0.2) is 4.98 Å². The van der Waals surface area contributed by atoms with Crippen molar-refractivity contribution in [3.05, 3.63) is 30.8 Å². The van der Waals surface area contributed by atoms with Gasteiger partial charge in [-0.05, 0) is 30.9 Å². The maximum Gasteiger partial charge on any atom is 0.241 e. The van der Waals surface area contributed by atoms with Gasteiger partial charge in [-0.2, -0.15) is 0 Å². The lowest BCUT2D eigenvalue weighted by molar-refractivity contribution is -0.117. The molecule has 6 heteroatoms. The third kappa shape index (κ3) is 6.23. The highest BCUT2D eigenvalue weighted by Gasteiger charge is 2.16. The Kier molecular flexibility index (Phi) is 8.70. The van der Waals surface area contributed by atoms with Crippen molar-refractivity contribution < 1.29 is 13.9 Å². The van der Waals surface area contributed by atoms with E-state index in [-0.39, 0.29) is 5.91 Å². The lowest BCUT2D eigenvalue weighted by Crippen LogP contribution is -2.35. The number of carbonyl (C=O) groups excluding carboxylic acids is 1. The summed E-state index contributed by atoms with van der Waals surface area (Å²) < 4.78 is 10.6. The molecule has 1 amide bonds. The minimum absolute atomic E-state index is 0.194. The number of nitrogens with one attached hydrogen (secondary N) is 1. The zero-order valence-corrected chi connectivity index (χ0v) is 15.7. The second-order valence-electron chi connectivity index (χ2n) is 5.85.